The summed E-state index contributed by atoms with van der Waals surface area (Å²) >= 11 is 0. The highest BCUT2D eigenvalue weighted by atomic mass is 16.3. The number of primary amides is 1. The first-order chi connectivity index (χ1) is 47.7. The van der Waals surface area contributed by atoms with Crippen molar-refractivity contribution in [2.45, 2.75) is 298 Å². The molecular formula is C72H111N13O14. The van der Waals surface area contributed by atoms with Crippen molar-refractivity contribution in [3.63, 3.8) is 0 Å². The molecule has 11 saturated carbocycles. The van der Waals surface area contributed by atoms with Crippen LogP contribution in [-0.2, 0) is 62.3 Å². The predicted octanol–water partition coefficient (Wildman–Crippen LogP) is 1.49. The molecule has 99 heavy (non-hydrogen) atoms. The van der Waals surface area contributed by atoms with Crippen LogP contribution in [0.4, 0.5) is 0 Å². The molecule has 0 aromatic heterocycles. The number of amides is 13. The van der Waals surface area contributed by atoms with Gasteiger partial charge in [-0.1, -0.05) is 70.6 Å². The fourth-order valence-corrected chi connectivity index (χ4v) is 19.8. The van der Waals surface area contributed by atoms with Crippen molar-refractivity contribution in [1.29, 1.82) is 0 Å². The summed E-state index contributed by atoms with van der Waals surface area (Å²) in [6, 6.07) is -5.23. The second-order valence-corrected chi connectivity index (χ2v) is 31.4. The lowest BCUT2D eigenvalue weighted by molar-refractivity contribution is -0.132. The minimum absolute atomic E-state index is 0.165. The Morgan fingerprint density at radius 1 is 0.273 bits per heavy atom. The van der Waals surface area contributed by atoms with Gasteiger partial charge in [0.25, 0.3) is 0 Å². The second kappa shape index (κ2) is 33.7. The van der Waals surface area contributed by atoms with Gasteiger partial charge in [-0.15, -0.1) is 0 Å². The fourth-order valence-electron chi connectivity index (χ4n) is 19.8. The summed E-state index contributed by atoms with van der Waals surface area (Å²) in [4.78, 5) is 176. The van der Waals surface area contributed by atoms with E-state index in [4.69, 9.17) is 5.73 Å². The van der Waals surface area contributed by atoms with Gasteiger partial charge >= 0.3 is 0 Å². The van der Waals surface area contributed by atoms with Crippen molar-refractivity contribution in [2.24, 2.45) is 70.8 Å². The molecule has 0 aromatic carbocycles. The smallest absolute Gasteiger partial charge is 0.225 e. The van der Waals surface area contributed by atoms with Crippen LogP contribution >= 0.6 is 0 Å². The molecule has 0 radical (unpaired) electrons. The van der Waals surface area contributed by atoms with E-state index < -0.39 is 120 Å². The van der Waals surface area contributed by atoms with Gasteiger partial charge in [-0.3, -0.25) is 62.3 Å². The van der Waals surface area contributed by atoms with Gasteiger partial charge in [0, 0.05) is 79.8 Å². The molecule has 0 spiro atoms. The number of carbonyl (C=O) groups is 13. The van der Waals surface area contributed by atoms with E-state index in [1.54, 1.807) is 0 Å². The Hall–Kier alpha value is -6.93. The minimum atomic E-state index is -0.895. The molecule has 0 saturated heterocycles. The van der Waals surface area contributed by atoms with Crippen LogP contribution in [0, 0.1) is 65.1 Å². The first kappa shape index (κ1) is 73.3. The average molecular weight is 1380 g/mol. The Balaban J connectivity index is 0.598. The van der Waals surface area contributed by atoms with Crippen LogP contribution in [0.25, 0.3) is 0 Å². The van der Waals surface area contributed by atoms with Crippen LogP contribution in [0.5, 0.6) is 0 Å². The Morgan fingerprint density at radius 2 is 0.455 bits per heavy atom. The molecule has 23 atom stereocenters. The molecule has 11 aliphatic rings. The Morgan fingerprint density at radius 3 is 0.657 bits per heavy atom. The van der Waals surface area contributed by atoms with Gasteiger partial charge in [-0.25, -0.2) is 0 Å². The molecular weight excluding hydrogens is 1270 g/mol. The zero-order valence-corrected chi connectivity index (χ0v) is 57.9. The van der Waals surface area contributed by atoms with Gasteiger partial charge in [-0.05, 0) is 141 Å². The van der Waals surface area contributed by atoms with E-state index in [-0.39, 0.29) is 107 Å². The van der Waals surface area contributed by atoms with Crippen molar-refractivity contribution in [2.75, 3.05) is 6.61 Å². The Bertz CT molecular complexity index is 3010. The third-order valence-electron chi connectivity index (χ3n) is 25.1. The molecule has 0 bridgehead atoms. The Labute approximate surface area is 580 Å². The van der Waals surface area contributed by atoms with E-state index in [0.29, 0.717) is 154 Å². The minimum Gasteiger partial charge on any atom is -0.394 e. The monoisotopic (exact) mass is 1380 g/mol. The fraction of sp³-hybridized carbons (Fsp3) is 0.819. The van der Waals surface area contributed by atoms with E-state index in [2.05, 4.69) is 63.8 Å². The molecule has 27 nitrogen and oxygen atoms in total. The van der Waals surface area contributed by atoms with Crippen LogP contribution in [0.15, 0.2) is 0 Å². The lowest BCUT2D eigenvalue weighted by Crippen LogP contribution is -2.54. The maximum atomic E-state index is 14.2. The molecule has 13 amide bonds. The van der Waals surface area contributed by atoms with Crippen molar-refractivity contribution in [1.82, 2.24) is 63.8 Å². The van der Waals surface area contributed by atoms with Crippen LogP contribution in [0.3, 0.4) is 0 Å². The van der Waals surface area contributed by atoms with E-state index in [9.17, 15) is 67.4 Å². The van der Waals surface area contributed by atoms with Gasteiger partial charge in [0.15, 0.2) is 0 Å². The molecule has 0 heterocycles. The van der Waals surface area contributed by atoms with Crippen LogP contribution in [0.2, 0.25) is 0 Å². The van der Waals surface area contributed by atoms with Gasteiger partial charge in [0.1, 0.15) is 0 Å². The second-order valence-electron chi connectivity index (χ2n) is 31.4. The maximum absolute atomic E-state index is 14.2. The number of aliphatic hydroxyl groups excluding tert-OH is 1. The molecule has 15 N–H and O–H groups in total. The number of carbonyl (C=O) groups excluding carboxylic acids is 13. The topological polar surface area (TPSA) is 413 Å². The first-order valence-electron chi connectivity index (χ1n) is 38.2. The highest BCUT2D eigenvalue weighted by Crippen LogP contribution is 2.38. The summed E-state index contributed by atoms with van der Waals surface area (Å²) in [5.41, 5.74) is 5.61. The summed E-state index contributed by atoms with van der Waals surface area (Å²) in [7, 11) is 0. The molecule has 548 valence electrons. The summed E-state index contributed by atoms with van der Waals surface area (Å²) in [6.45, 7) is 0.931. The number of rotatable bonds is 26. The molecule has 0 unspecified atom stereocenters. The van der Waals surface area contributed by atoms with Crippen molar-refractivity contribution >= 4 is 76.8 Å². The van der Waals surface area contributed by atoms with Gasteiger partial charge in [0.05, 0.1) is 77.7 Å². The molecule has 11 rings (SSSR count). The van der Waals surface area contributed by atoms with Gasteiger partial charge < -0.3 is 74.6 Å². The average Bonchev–Trinajstić information content (AvgIpc) is 1.75. The molecule has 27 heteroatoms. The highest BCUT2D eigenvalue weighted by molar-refractivity contribution is 5.90. The van der Waals surface area contributed by atoms with Crippen molar-refractivity contribution < 1.29 is 67.4 Å². The molecule has 0 aromatic rings. The third-order valence-corrected chi connectivity index (χ3v) is 25.1. The quantitative estimate of drug-likeness (QED) is 0.0584. The predicted molar refractivity (Wildman–Crippen MR) is 360 cm³/mol. The van der Waals surface area contributed by atoms with E-state index >= 15 is 0 Å². The highest BCUT2D eigenvalue weighted by Gasteiger charge is 2.48. The Kier molecular flexibility index (Phi) is 24.9. The molecule has 11 aliphatic carbocycles. The van der Waals surface area contributed by atoms with Crippen LogP contribution in [0.1, 0.15) is 225 Å². The maximum Gasteiger partial charge on any atom is 0.225 e. The standard InChI is InChI=1S/C72H111N13O14/c1-37(87)74-51-25-3-14-40(51)64(91)78-53-27-5-16-42(53)63(90)75-38(36-86)35-61(88)76-52-26-4-15-41(52)65(92)79-55-29-7-18-44(55)67(94)81-57-31-9-20-46(57)69(96)83-59-33-11-22-48(59)71(98)85-60-34-12-23-49(60)72(99)84-58-32-10-21-47(58)70(97)82-56-30-8-19-45(56)68(95)80-54-28-6-17-43(54)66(93)77-50-24-2-13-39(50)62(73)89/h38-60,86H,2-36H2,1H3,(H2,73,89)(H,74,87)(H,75,90)(H,76,88)(H,77,93)(H,78,91)(H,79,92)(H,80,95)(H,81,94)(H,82,97)(H,83,96)(H,84,99)(H,85,98)/t38-,39+,40+,41+,42+,43+,44+,45+,46+,47+,48+,49+,50+,51+,52+,53+,54+,55+,56+,57+,58+,59+,60+/m1/s1. The number of nitrogens with two attached hydrogens (primary N) is 1. The summed E-state index contributed by atoms with van der Waals surface area (Å²) in [5.74, 6) is -8.53. The molecule has 11 fully saturated rings. The van der Waals surface area contributed by atoms with E-state index in [1.807, 2.05) is 0 Å². The van der Waals surface area contributed by atoms with Crippen LogP contribution in [-0.4, -0.2) is 161 Å². The third kappa shape index (κ3) is 17.9. The van der Waals surface area contributed by atoms with Crippen molar-refractivity contribution in [3.05, 3.63) is 0 Å². The zero-order chi connectivity index (χ0) is 70.0. The number of hydrogen-bond acceptors (Lipinski definition) is 14. The van der Waals surface area contributed by atoms with E-state index in [1.165, 1.54) is 6.92 Å². The number of hydrogen-bond donors (Lipinski definition) is 14. The van der Waals surface area contributed by atoms with Crippen LogP contribution < -0.4 is 69.5 Å². The van der Waals surface area contributed by atoms with Crippen molar-refractivity contribution in [3.8, 4) is 0 Å². The summed E-state index contributed by atoms with van der Waals surface area (Å²) < 4.78 is 0. The number of aliphatic hydroxyl groups is 1. The normalized spacial score (nSPS) is 36.5. The largest absolute Gasteiger partial charge is 0.394 e. The van der Waals surface area contributed by atoms with E-state index in [0.717, 1.165) is 57.8 Å². The lowest BCUT2D eigenvalue weighted by Gasteiger charge is -2.29. The first-order valence-corrected chi connectivity index (χ1v) is 38.2. The van der Waals surface area contributed by atoms with Gasteiger partial charge in [-0.2, -0.15) is 0 Å². The van der Waals surface area contributed by atoms with Gasteiger partial charge in [0.2, 0.25) is 76.8 Å². The summed E-state index contributed by atoms with van der Waals surface area (Å²) in [6.07, 6.45) is 21.3. The molecule has 0 aliphatic heterocycles. The summed E-state index contributed by atoms with van der Waals surface area (Å²) in [5, 5.41) is 47.4. The zero-order valence-electron chi connectivity index (χ0n) is 57.9. The lowest BCUT2D eigenvalue weighted by atomic mass is 9.95. The number of nitrogens with one attached hydrogen (secondary N) is 12. The SMILES string of the molecule is CC(=O)N[C@H]1CCC[C@@H]1C(=O)N[C@H]1CCC[C@@H]1C(=O)N[C@@H](CO)CC(=O)N[C@H]1CCC[C@@H]1C(=O)N[C@H]1CCC[C@@H]1C(=O)N[C@H]1CCC[C@@H]1C(=O)N[C@H]1CCC[C@@H]1C(=O)N[C@H]1CCC[C@@H]1C(=O)N[C@H]1CCC[C@@H]1C(=O)N[C@H]1CCC[C@@H]1C(=O)N[C@H]1CCC[C@@H]1C(=O)N[C@H]1CCC[C@@H]1C(N)=O.